The summed E-state index contributed by atoms with van der Waals surface area (Å²) in [6.45, 7) is 4.59. The number of aromatic nitrogens is 2. The van der Waals surface area contributed by atoms with Gasteiger partial charge in [0.1, 0.15) is 17.3 Å². The molecule has 2 aromatic carbocycles. The first-order chi connectivity index (χ1) is 13.2. The van der Waals surface area contributed by atoms with Gasteiger partial charge in [-0.1, -0.05) is 12.1 Å². The van der Waals surface area contributed by atoms with Gasteiger partial charge in [-0.05, 0) is 62.4 Å². The van der Waals surface area contributed by atoms with Crippen LogP contribution in [-0.4, -0.2) is 16.1 Å². The number of para-hydroxylation sites is 1. The minimum Gasteiger partial charge on any atom is -0.491 e. The molecule has 4 aromatic rings. The first kappa shape index (κ1) is 17.1. The summed E-state index contributed by atoms with van der Waals surface area (Å²) >= 11 is 0. The molecule has 0 aliphatic rings. The molecular weight excluding hydrogens is 338 g/mol. The summed E-state index contributed by atoms with van der Waals surface area (Å²) in [5, 5.41) is 4.35. The Morgan fingerprint density at radius 3 is 2.52 bits per heavy atom. The third-order valence-corrected chi connectivity index (χ3v) is 4.10. The van der Waals surface area contributed by atoms with E-state index in [1.807, 2.05) is 74.5 Å². The predicted octanol–water partition coefficient (Wildman–Crippen LogP) is 5.29. The van der Waals surface area contributed by atoms with Gasteiger partial charge in [-0.2, -0.15) is 0 Å². The van der Waals surface area contributed by atoms with Crippen LogP contribution in [0, 0.1) is 0 Å². The maximum absolute atomic E-state index is 5.72. The van der Waals surface area contributed by atoms with Crippen LogP contribution in [-0.2, 0) is 6.54 Å². The molecular formula is C22H21N3O2. The van der Waals surface area contributed by atoms with E-state index in [0.29, 0.717) is 12.4 Å². The van der Waals surface area contributed by atoms with Crippen LogP contribution in [0.3, 0.4) is 0 Å². The third-order valence-electron chi connectivity index (χ3n) is 4.10. The Morgan fingerprint density at radius 1 is 0.963 bits per heavy atom. The van der Waals surface area contributed by atoms with Crippen LogP contribution in [0.5, 0.6) is 5.75 Å². The van der Waals surface area contributed by atoms with Crippen LogP contribution >= 0.6 is 0 Å². The molecule has 2 heterocycles. The van der Waals surface area contributed by atoms with Gasteiger partial charge in [0.2, 0.25) is 0 Å². The number of anilines is 1. The number of rotatable bonds is 6. The van der Waals surface area contributed by atoms with Gasteiger partial charge < -0.3 is 14.5 Å². The van der Waals surface area contributed by atoms with E-state index in [2.05, 4.69) is 5.32 Å². The van der Waals surface area contributed by atoms with Crippen molar-refractivity contribution in [2.24, 2.45) is 0 Å². The Morgan fingerprint density at radius 2 is 1.78 bits per heavy atom. The number of benzene rings is 2. The van der Waals surface area contributed by atoms with E-state index in [-0.39, 0.29) is 6.10 Å². The summed E-state index contributed by atoms with van der Waals surface area (Å²) in [5.41, 5.74) is 1.84. The topological polar surface area (TPSA) is 60.2 Å². The van der Waals surface area contributed by atoms with Crippen LogP contribution in [0.15, 0.2) is 71.3 Å². The van der Waals surface area contributed by atoms with Crippen molar-refractivity contribution in [3.63, 3.8) is 0 Å². The largest absolute Gasteiger partial charge is 0.491 e. The molecule has 0 saturated carbocycles. The van der Waals surface area contributed by atoms with Gasteiger partial charge in [0.25, 0.3) is 0 Å². The highest BCUT2D eigenvalue weighted by molar-refractivity contribution is 5.90. The first-order valence-corrected chi connectivity index (χ1v) is 8.99. The van der Waals surface area contributed by atoms with Crippen molar-refractivity contribution in [2.75, 3.05) is 5.32 Å². The van der Waals surface area contributed by atoms with Crippen molar-refractivity contribution in [3.8, 4) is 17.1 Å². The zero-order valence-corrected chi connectivity index (χ0v) is 15.3. The van der Waals surface area contributed by atoms with E-state index in [1.165, 1.54) is 0 Å². The highest BCUT2D eigenvalue weighted by Crippen LogP contribution is 2.26. The molecule has 0 bridgehead atoms. The second-order valence-corrected chi connectivity index (χ2v) is 6.54. The normalized spacial score (nSPS) is 11.1. The lowest BCUT2D eigenvalue weighted by molar-refractivity contribution is 0.242. The molecule has 27 heavy (non-hydrogen) atoms. The Hall–Kier alpha value is -3.34. The highest BCUT2D eigenvalue weighted by atomic mass is 16.5. The molecule has 0 aliphatic carbocycles. The van der Waals surface area contributed by atoms with Crippen molar-refractivity contribution in [1.29, 1.82) is 0 Å². The lowest BCUT2D eigenvalue weighted by Crippen LogP contribution is -2.05. The summed E-state index contributed by atoms with van der Waals surface area (Å²) in [7, 11) is 0. The van der Waals surface area contributed by atoms with Crippen molar-refractivity contribution < 1.29 is 9.15 Å². The minimum atomic E-state index is 0.144. The molecule has 0 fully saturated rings. The molecule has 0 saturated heterocycles. The second kappa shape index (κ2) is 7.50. The molecule has 0 radical (unpaired) electrons. The van der Waals surface area contributed by atoms with Crippen molar-refractivity contribution in [1.82, 2.24) is 9.97 Å². The molecule has 0 spiro atoms. The summed E-state index contributed by atoms with van der Waals surface area (Å²) in [6.07, 6.45) is 1.81. The number of fused-ring (bicyclic) bond motifs is 1. The van der Waals surface area contributed by atoms with Gasteiger partial charge in [-0.25, -0.2) is 9.97 Å². The molecule has 136 valence electrons. The smallest absolute Gasteiger partial charge is 0.162 e. The molecule has 0 unspecified atom stereocenters. The lowest BCUT2D eigenvalue weighted by atomic mass is 10.1. The molecule has 4 rings (SSSR count). The molecule has 2 aromatic heterocycles. The molecule has 0 amide bonds. The fraction of sp³-hybridized carbons (Fsp3) is 0.182. The van der Waals surface area contributed by atoms with E-state index < -0.39 is 0 Å². The zero-order chi connectivity index (χ0) is 18.6. The Balaban J connectivity index is 1.68. The van der Waals surface area contributed by atoms with Crippen LogP contribution in [0.4, 0.5) is 5.82 Å². The first-order valence-electron chi connectivity index (χ1n) is 8.99. The highest BCUT2D eigenvalue weighted by Gasteiger charge is 2.10. The Kier molecular flexibility index (Phi) is 4.75. The average molecular weight is 359 g/mol. The van der Waals surface area contributed by atoms with Crippen molar-refractivity contribution in [3.05, 3.63) is 72.7 Å². The molecule has 0 atom stereocenters. The zero-order valence-electron chi connectivity index (χ0n) is 15.3. The molecule has 0 aliphatic heterocycles. The quantitative estimate of drug-likeness (QED) is 0.507. The van der Waals surface area contributed by atoms with Crippen LogP contribution in [0.25, 0.3) is 22.3 Å². The fourth-order valence-electron chi connectivity index (χ4n) is 2.88. The number of ether oxygens (including phenoxy) is 1. The third kappa shape index (κ3) is 3.92. The molecule has 1 N–H and O–H groups in total. The van der Waals surface area contributed by atoms with Gasteiger partial charge in [0, 0.05) is 10.9 Å². The SMILES string of the molecule is CC(C)Oc1ccc(-c2nc(NCc3ccco3)c3ccccc3n2)cc1. The average Bonchev–Trinajstić information content (AvgIpc) is 3.19. The maximum Gasteiger partial charge on any atom is 0.162 e. The molecule has 5 heteroatoms. The van der Waals surface area contributed by atoms with Crippen molar-refractivity contribution in [2.45, 2.75) is 26.5 Å². The lowest BCUT2D eigenvalue weighted by Gasteiger charge is -2.12. The second-order valence-electron chi connectivity index (χ2n) is 6.54. The van der Waals surface area contributed by atoms with Gasteiger partial charge in [0.15, 0.2) is 5.82 Å². The van der Waals surface area contributed by atoms with Crippen LogP contribution < -0.4 is 10.1 Å². The Bertz CT molecular complexity index is 1030. The van der Waals surface area contributed by atoms with E-state index in [0.717, 1.165) is 33.8 Å². The predicted molar refractivity (Wildman–Crippen MR) is 107 cm³/mol. The summed E-state index contributed by atoms with van der Waals surface area (Å²) in [4.78, 5) is 9.48. The van der Waals surface area contributed by atoms with Gasteiger partial charge in [0.05, 0.1) is 24.4 Å². The van der Waals surface area contributed by atoms with E-state index in [9.17, 15) is 0 Å². The summed E-state index contributed by atoms with van der Waals surface area (Å²) < 4.78 is 11.1. The van der Waals surface area contributed by atoms with Crippen molar-refractivity contribution >= 4 is 16.7 Å². The van der Waals surface area contributed by atoms with E-state index >= 15 is 0 Å². The summed E-state index contributed by atoms with van der Waals surface area (Å²) in [5.74, 6) is 3.15. The van der Waals surface area contributed by atoms with Gasteiger partial charge in [-0.3, -0.25) is 0 Å². The molecule has 5 nitrogen and oxygen atoms in total. The van der Waals surface area contributed by atoms with Crippen LogP contribution in [0.2, 0.25) is 0 Å². The number of hydrogen-bond acceptors (Lipinski definition) is 5. The minimum absolute atomic E-state index is 0.144. The van der Waals surface area contributed by atoms with Crippen LogP contribution in [0.1, 0.15) is 19.6 Å². The standard InChI is InChI=1S/C22H21N3O2/c1-15(2)27-17-11-9-16(10-12-17)21-24-20-8-4-3-7-19(20)22(25-21)23-14-18-6-5-13-26-18/h3-13,15H,14H2,1-2H3,(H,23,24,25). The van der Waals surface area contributed by atoms with E-state index in [1.54, 1.807) is 6.26 Å². The monoisotopic (exact) mass is 359 g/mol. The van der Waals surface area contributed by atoms with E-state index in [4.69, 9.17) is 19.1 Å². The maximum atomic E-state index is 5.72. The fourth-order valence-corrected chi connectivity index (χ4v) is 2.88. The van der Waals surface area contributed by atoms with Gasteiger partial charge >= 0.3 is 0 Å². The Labute approximate surface area is 158 Å². The number of nitrogens with one attached hydrogen (secondary N) is 1. The number of furan rings is 1. The summed E-state index contributed by atoms with van der Waals surface area (Å²) in [6, 6.07) is 19.7. The number of nitrogens with zero attached hydrogens (tertiary/aromatic N) is 2. The van der Waals surface area contributed by atoms with Gasteiger partial charge in [-0.15, -0.1) is 0 Å². The number of hydrogen-bond donors (Lipinski definition) is 1.